The van der Waals surface area contributed by atoms with Crippen LogP contribution in [-0.4, -0.2) is 6.73 Å². The Bertz CT molecular complexity index is 1120. The van der Waals surface area contributed by atoms with Crippen molar-refractivity contribution in [1.82, 2.24) is 0 Å². The zero-order valence-electron chi connectivity index (χ0n) is 14.6. The number of nitrogens with zero attached hydrogens (tertiary/aromatic N) is 1. The fourth-order valence-electron chi connectivity index (χ4n) is 4.06. The van der Waals surface area contributed by atoms with E-state index in [1.165, 1.54) is 0 Å². The van der Waals surface area contributed by atoms with Crippen LogP contribution in [-0.2, 0) is 19.4 Å². The maximum absolute atomic E-state index is 12.5. The van der Waals surface area contributed by atoms with Crippen LogP contribution in [0.3, 0.4) is 0 Å². The van der Waals surface area contributed by atoms with Gasteiger partial charge in [-0.1, -0.05) is 23.2 Å². The SMILES string of the molecule is O=c1oc2c3c(ccc2c2c1CCCC2)OCN(c1ccc(Cl)c(Cl)c1)C3. The normalized spacial score (nSPS) is 16.0. The molecule has 2 aromatic carbocycles. The summed E-state index contributed by atoms with van der Waals surface area (Å²) in [6.45, 7) is 0.970. The van der Waals surface area contributed by atoms with E-state index in [1.54, 1.807) is 6.07 Å². The molecule has 138 valence electrons. The van der Waals surface area contributed by atoms with E-state index < -0.39 is 0 Å². The molecule has 1 aromatic heterocycles. The van der Waals surface area contributed by atoms with Gasteiger partial charge in [0, 0.05) is 16.6 Å². The van der Waals surface area contributed by atoms with E-state index in [-0.39, 0.29) is 5.63 Å². The molecule has 1 aliphatic carbocycles. The first-order chi connectivity index (χ1) is 13.1. The van der Waals surface area contributed by atoms with Crippen LogP contribution in [0.1, 0.15) is 29.5 Å². The predicted octanol–water partition coefficient (Wildman–Crippen LogP) is 5.34. The standard InChI is InChI=1S/C21H17Cl2NO3/c22-17-7-5-12(9-18(17)23)24-10-16-19(26-11-24)8-6-14-13-3-1-2-4-15(13)21(25)27-20(14)16/h5-9H,1-4,10-11H2. The third kappa shape index (κ3) is 2.79. The maximum atomic E-state index is 12.5. The van der Waals surface area contributed by atoms with Crippen molar-refractivity contribution in [3.05, 3.63) is 67.5 Å². The third-order valence-electron chi connectivity index (χ3n) is 5.44. The van der Waals surface area contributed by atoms with E-state index >= 15 is 0 Å². The summed E-state index contributed by atoms with van der Waals surface area (Å²) in [5.74, 6) is 0.762. The van der Waals surface area contributed by atoms with E-state index in [9.17, 15) is 4.79 Å². The van der Waals surface area contributed by atoms with Crippen molar-refractivity contribution >= 4 is 39.9 Å². The smallest absolute Gasteiger partial charge is 0.339 e. The first kappa shape index (κ1) is 17.0. The fourth-order valence-corrected chi connectivity index (χ4v) is 4.35. The Hall–Kier alpha value is -2.17. The molecule has 0 saturated carbocycles. The number of rotatable bonds is 1. The molecule has 0 fully saturated rings. The number of ether oxygens (including phenoxy) is 1. The van der Waals surface area contributed by atoms with Crippen LogP contribution in [0.2, 0.25) is 10.0 Å². The molecule has 0 bridgehead atoms. The Labute approximate surface area is 166 Å². The zero-order chi connectivity index (χ0) is 18.5. The Kier molecular flexibility index (Phi) is 4.06. The largest absolute Gasteiger partial charge is 0.473 e. The number of halogens is 2. The number of hydrogen-bond donors (Lipinski definition) is 0. The minimum Gasteiger partial charge on any atom is -0.473 e. The van der Waals surface area contributed by atoms with Gasteiger partial charge in [0.05, 0.1) is 22.2 Å². The van der Waals surface area contributed by atoms with Crippen molar-refractivity contribution < 1.29 is 9.15 Å². The quantitative estimate of drug-likeness (QED) is 0.516. The van der Waals surface area contributed by atoms with Crippen molar-refractivity contribution in [2.45, 2.75) is 32.2 Å². The van der Waals surface area contributed by atoms with Gasteiger partial charge < -0.3 is 14.1 Å². The minimum atomic E-state index is -0.211. The highest BCUT2D eigenvalue weighted by atomic mass is 35.5. The van der Waals surface area contributed by atoms with Crippen LogP contribution in [0.15, 0.2) is 39.5 Å². The Balaban J connectivity index is 1.63. The van der Waals surface area contributed by atoms with Gasteiger partial charge in [-0.2, -0.15) is 0 Å². The van der Waals surface area contributed by atoms with Crippen molar-refractivity contribution in [3.63, 3.8) is 0 Å². The van der Waals surface area contributed by atoms with Gasteiger partial charge in [0.15, 0.2) is 6.73 Å². The highest BCUT2D eigenvalue weighted by Crippen LogP contribution is 2.37. The van der Waals surface area contributed by atoms with E-state index in [1.807, 2.05) is 29.2 Å². The molecule has 5 rings (SSSR count). The first-order valence-corrected chi connectivity index (χ1v) is 9.80. The molecular weight excluding hydrogens is 385 g/mol. The Morgan fingerprint density at radius 1 is 0.926 bits per heavy atom. The van der Waals surface area contributed by atoms with E-state index in [2.05, 4.69) is 0 Å². The fraction of sp³-hybridized carbons (Fsp3) is 0.286. The van der Waals surface area contributed by atoms with Gasteiger partial charge in [0.1, 0.15) is 11.3 Å². The molecule has 0 N–H and O–H groups in total. The van der Waals surface area contributed by atoms with Crippen molar-refractivity contribution in [1.29, 1.82) is 0 Å². The van der Waals surface area contributed by atoms with E-state index in [0.29, 0.717) is 28.9 Å². The average molecular weight is 402 g/mol. The summed E-state index contributed by atoms with van der Waals surface area (Å²) >= 11 is 12.2. The highest BCUT2D eigenvalue weighted by molar-refractivity contribution is 6.42. The lowest BCUT2D eigenvalue weighted by atomic mass is 9.90. The number of hydrogen-bond acceptors (Lipinski definition) is 4. The second-order valence-corrected chi connectivity index (χ2v) is 7.86. The summed E-state index contributed by atoms with van der Waals surface area (Å²) < 4.78 is 11.7. The molecule has 0 saturated heterocycles. The lowest BCUT2D eigenvalue weighted by molar-refractivity contribution is 0.289. The van der Waals surface area contributed by atoms with E-state index in [4.69, 9.17) is 32.4 Å². The Morgan fingerprint density at radius 2 is 1.74 bits per heavy atom. The number of aryl methyl sites for hydroxylation is 1. The van der Waals surface area contributed by atoms with Gasteiger partial charge >= 0.3 is 5.63 Å². The minimum absolute atomic E-state index is 0.211. The highest BCUT2D eigenvalue weighted by Gasteiger charge is 2.25. The molecule has 2 aliphatic rings. The summed E-state index contributed by atoms with van der Waals surface area (Å²) in [6.07, 6.45) is 3.88. The molecule has 0 amide bonds. The third-order valence-corrected chi connectivity index (χ3v) is 6.18. The van der Waals surface area contributed by atoms with Crippen LogP contribution in [0.4, 0.5) is 5.69 Å². The van der Waals surface area contributed by atoms with Crippen LogP contribution < -0.4 is 15.3 Å². The summed E-state index contributed by atoms with van der Waals surface area (Å²) in [6, 6.07) is 9.51. The predicted molar refractivity (Wildman–Crippen MR) is 107 cm³/mol. The molecule has 6 heteroatoms. The first-order valence-electron chi connectivity index (χ1n) is 9.05. The summed E-state index contributed by atoms with van der Waals surface area (Å²) in [5, 5.41) is 2.04. The average Bonchev–Trinajstić information content (AvgIpc) is 2.70. The summed E-state index contributed by atoms with van der Waals surface area (Å²) in [7, 11) is 0. The molecule has 3 aromatic rings. The van der Waals surface area contributed by atoms with Gasteiger partial charge in [0.25, 0.3) is 0 Å². The second-order valence-electron chi connectivity index (χ2n) is 7.04. The van der Waals surface area contributed by atoms with Crippen molar-refractivity contribution in [2.75, 3.05) is 11.6 Å². The molecule has 2 heterocycles. The van der Waals surface area contributed by atoms with Gasteiger partial charge in [-0.15, -0.1) is 0 Å². The Morgan fingerprint density at radius 3 is 2.56 bits per heavy atom. The van der Waals surface area contributed by atoms with Gasteiger partial charge in [0.2, 0.25) is 0 Å². The number of fused-ring (bicyclic) bond motifs is 5. The molecular formula is C21H17Cl2NO3. The lowest BCUT2D eigenvalue weighted by Gasteiger charge is -2.31. The zero-order valence-corrected chi connectivity index (χ0v) is 16.1. The van der Waals surface area contributed by atoms with Crippen molar-refractivity contribution in [2.24, 2.45) is 0 Å². The molecule has 0 unspecified atom stereocenters. The van der Waals surface area contributed by atoms with Crippen LogP contribution in [0.5, 0.6) is 5.75 Å². The lowest BCUT2D eigenvalue weighted by Crippen LogP contribution is -2.32. The second kappa shape index (κ2) is 6.47. The maximum Gasteiger partial charge on any atom is 0.339 e. The molecule has 0 atom stereocenters. The summed E-state index contributed by atoms with van der Waals surface area (Å²) in [4.78, 5) is 14.6. The van der Waals surface area contributed by atoms with Crippen LogP contribution >= 0.6 is 23.2 Å². The van der Waals surface area contributed by atoms with Gasteiger partial charge in [-0.05, 0) is 61.6 Å². The van der Waals surface area contributed by atoms with E-state index in [0.717, 1.165) is 59.2 Å². The van der Waals surface area contributed by atoms with Crippen LogP contribution in [0, 0.1) is 0 Å². The topological polar surface area (TPSA) is 42.7 Å². The molecule has 4 nitrogen and oxygen atoms in total. The van der Waals surface area contributed by atoms with Crippen LogP contribution in [0.25, 0.3) is 11.0 Å². The van der Waals surface area contributed by atoms with Crippen molar-refractivity contribution in [3.8, 4) is 5.75 Å². The molecule has 27 heavy (non-hydrogen) atoms. The molecule has 0 spiro atoms. The number of benzene rings is 2. The number of anilines is 1. The monoisotopic (exact) mass is 401 g/mol. The summed E-state index contributed by atoms with van der Waals surface area (Å²) in [5.41, 5.74) is 4.22. The van der Waals surface area contributed by atoms with Gasteiger partial charge in [-0.25, -0.2) is 4.79 Å². The van der Waals surface area contributed by atoms with Gasteiger partial charge in [-0.3, -0.25) is 0 Å². The molecule has 0 radical (unpaired) electrons. The molecule has 1 aliphatic heterocycles.